The normalized spacial score (nSPS) is 11.7. The van der Waals surface area contributed by atoms with Gasteiger partial charge in [0, 0.05) is 0 Å². The highest BCUT2D eigenvalue weighted by Gasteiger charge is 2.02. The lowest BCUT2D eigenvalue weighted by Crippen LogP contribution is -1.99. The van der Waals surface area contributed by atoms with Crippen LogP contribution >= 0.6 is 16.3 Å². The maximum absolute atomic E-state index is 10.1. The molecule has 0 fully saturated rings. The summed E-state index contributed by atoms with van der Waals surface area (Å²) >= 11 is 2.34. The van der Waals surface area contributed by atoms with Gasteiger partial charge in [0.2, 0.25) is 0 Å². The van der Waals surface area contributed by atoms with Crippen molar-refractivity contribution >= 4 is 26.4 Å². The molecule has 0 aliphatic carbocycles. The minimum atomic E-state index is -3.24. The highest BCUT2D eigenvalue weighted by Crippen LogP contribution is 1.96. The predicted octanol–water partition coefficient (Wildman–Crippen LogP) is 0.663. The van der Waals surface area contributed by atoms with Crippen LogP contribution in [0.1, 0.15) is 6.92 Å². The number of hydrogen-bond donors (Lipinski definition) is 0. The SMILES string of the molecule is CCS(=O)(=O)OBr. The zero-order valence-electron chi connectivity index (χ0n) is 3.72. The summed E-state index contributed by atoms with van der Waals surface area (Å²) in [5.74, 6) is -0.00174. The largest absolute Gasteiger partial charge is 0.277 e. The van der Waals surface area contributed by atoms with Crippen LogP contribution in [0.25, 0.3) is 0 Å². The van der Waals surface area contributed by atoms with E-state index in [2.05, 4.69) is 19.5 Å². The molecule has 0 aliphatic heterocycles. The van der Waals surface area contributed by atoms with Crippen molar-refractivity contribution in [1.82, 2.24) is 0 Å². The summed E-state index contributed by atoms with van der Waals surface area (Å²) in [5.41, 5.74) is 0. The first-order valence-corrected chi connectivity index (χ1v) is 3.87. The minimum absolute atomic E-state index is 0.00174. The van der Waals surface area contributed by atoms with Crippen molar-refractivity contribution < 1.29 is 11.7 Å². The molecule has 0 aromatic heterocycles. The Labute approximate surface area is 51.2 Å². The summed E-state index contributed by atoms with van der Waals surface area (Å²) < 4.78 is 24.1. The third kappa shape index (κ3) is 3.02. The van der Waals surface area contributed by atoms with E-state index in [1.54, 1.807) is 0 Å². The maximum atomic E-state index is 10.1. The fourth-order valence-corrected chi connectivity index (χ4v) is 0.694. The Balaban J connectivity index is 3.89. The lowest BCUT2D eigenvalue weighted by Gasteiger charge is -1.87. The van der Waals surface area contributed by atoms with Crippen LogP contribution in [0, 0.1) is 0 Å². The van der Waals surface area contributed by atoms with E-state index in [1.807, 2.05) is 0 Å². The van der Waals surface area contributed by atoms with E-state index in [4.69, 9.17) is 0 Å². The Morgan fingerprint density at radius 1 is 1.71 bits per heavy atom. The van der Waals surface area contributed by atoms with Gasteiger partial charge in [-0.3, -0.25) is 0 Å². The minimum Gasteiger partial charge on any atom is -0.199 e. The molecule has 44 valence electrons. The molecule has 0 N–H and O–H groups in total. The Morgan fingerprint density at radius 3 is 2.14 bits per heavy atom. The molecule has 0 radical (unpaired) electrons. The maximum Gasteiger partial charge on any atom is 0.277 e. The van der Waals surface area contributed by atoms with Crippen molar-refractivity contribution in [3.63, 3.8) is 0 Å². The molecule has 5 heteroatoms. The van der Waals surface area contributed by atoms with Crippen LogP contribution in [0.2, 0.25) is 0 Å². The molecule has 3 nitrogen and oxygen atoms in total. The average molecular weight is 189 g/mol. The van der Waals surface area contributed by atoms with Gasteiger partial charge in [-0.2, -0.15) is 11.7 Å². The fourth-order valence-electron chi connectivity index (χ4n) is 0.0445. The first kappa shape index (κ1) is 7.39. The lowest BCUT2D eigenvalue weighted by molar-refractivity contribution is 0.528. The first-order valence-electron chi connectivity index (χ1n) is 1.65. The van der Waals surface area contributed by atoms with Crippen molar-refractivity contribution in [2.45, 2.75) is 6.92 Å². The van der Waals surface area contributed by atoms with Gasteiger partial charge < -0.3 is 0 Å². The Morgan fingerprint density at radius 2 is 2.14 bits per heavy atom. The van der Waals surface area contributed by atoms with E-state index in [0.717, 1.165) is 0 Å². The molecule has 0 saturated carbocycles. The standard InChI is InChI=1S/C2H5BrO3S/c1-2-7(4,5)6-3/h2H2,1H3. The monoisotopic (exact) mass is 188 g/mol. The highest BCUT2D eigenvalue weighted by atomic mass is 79.9. The summed E-state index contributed by atoms with van der Waals surface area (Å²) in [4.78, 5) is 0. The molecule has 0 aromatic rings. The number of hydrogen-bond acceptors (Lipinski definition) is 3. The molecule has 0 atom stereocenters. The molecule has 0 saturated heterocycles. The summed E-state index contributed by atoms with van der Waals surface area (Å²) in [6, 6.07) is 0. The first-order chi connectivity index (χ1) is 3.12. The summed E-state index contributed by atoms with van der Waals surface area (Å²) in [6.45, 7) is 1.50. The lowest BCUT2D eigenvalue weighted by atomic mass is 11.0. The zero-order valence-corrected chi connectivity index (χ0v) is 6.12. The van der Waals surface area contributed by atoms with E-state index in [1.165, 1.54) is 6.92 Å². The van der Waals surface area contributed by atoms with Crippen molar-refractivity contribution in [1.29, 1.82) is 0 Å². The molecular weight excluding hydrogens is 184 g/mol. The van der Waals surface area contributed by atoms with Crippen molar-refractivity contribution in [2.24, 2.45) is 0 Å². The quantitative estimate of drug-likeness (QED) is 0.640. The van der Waals surface area contributed by atoms with Crippen LogP contribution in [0.5, 0.6) is 0 Å². The molecule has 0 unspecified atom stereocenters. The van der Waals surface area contributed by atoms with E-state index in [9.17, 15) is 8.42 Å². The van der Waals surface area contributed by atoms with E-state index in [-0.39, 0.29) is 5.75 Å². The third-order valence-electron chi connectivity index (χ3n) is 0.450. The Kier molecular flexibility index (Phi) is 2.78. The molecule has 0 heterocycles. The van der Waals surface area contributed by atoms with Gasteiger partial charge in [-0.1, -0.05) is 0 Å². The van der Waals surface area contributed by atoms with Gasteiger partial charge in [-0.25, -0.2) is 0 Å². The average Bonchev–Trinajstić information content (AvgIpc) is 1.68. The van der Waals surface area contributed by atoms with Crippen LogP contribution in [0.15, 0.2) is 0 Å². The Bertz CT molecular complexity index is 116. The zero-order chi connectivity index (χ0) is 5.91. The van der Waals surface area contributed by atoms with Crippen molar-refractivity contribution in [3.05, 3.63) is 0 Å². The molecule has 7 heavy (non-hydrogen) atoms. The topological polar surface area (TPSA) is 43.4 Å². The van der Waals surface area contributed by atoms with Crippen LogP contribution in [0.4, 0.5) is 0 Å². The molecule has 0 aromatic carbocycles. The van der Waals surface area contributed by atoms with E-state index < -0.39 is 10.1 Å². The smallest absolute Gasteiger partial charge is 0.199 e. The predicted molar refractivity (Wildman–Crippen MR) is 29.5 cm³/mol. The van der Waals surface area contributed by atoms with Gasteiger partial charge in [0.1, 0.15) is 16.3 Å². The number of rotatable bonds is 2. The van der Waals surface area contributed by atoms with Crippen LogP contribution < -0.4 is 0 Å². The Hall–Kier alpha value is 0.390. The molecule has 0 bridgehead atoms. The van der Waals surface area contributed by atoms with E-state index >= 15 is 0 Å². The van der Waals surface area contributed by atoms with Gasteiger partial charge in [0.15, 0.2) is 0 Å². The van der Waals surface area contributed by atoms with Crippen LogP contribution in [0.3, 0.4) is 0 Å². The molecule has 0 spiro atoms. The van der Waals surface area contributed by atoms with Crippen LogP contribution in [-0.2, 0) is 13.4 Å². The second kappa shape index (κ2) is 2.64. The molecule has 0 amide bonds. The van der Waals surface area contributed by atoms with Crippen molar-refractivity contribution in [2.75, 3.05) is 5.75 Å². The molecule has 0 rings (SSSR count). The summed E-state index contributed by atoms with van der Waals surface area (Å²) in [7, 11) is -3.24. The number of halogens is 1. The van der Waals surface area contributed by atoms with Gasteiger partial charge in [0.25, 0.3) is 10.1 Å². The van der Waals surface area contributed by atoms with E-state index in [0.29, 0.717) is 0 Å². The van der Waals surface area contributed by atoms with Crippen LogP contribution in [-0.4, -0.2) is 14.2 Å². The second-order valence-electron chi connectivity index (χ2n) is 0.909. The van der Waals surface area contributed by atoms with Gasteiger partial charge in [-0.15, -0.1) is 0 Å². The second-order valence-corrected chi connectivity index (χ2v) is 3.52. The van der Waals surface area contributed by atoms with Gasteiger partial charge in [0.05, 0.1) is 5.75 Å². The van der Waals surface area contributed by atoms with Gasteiger partial charge in [-0.05, 0) is 6.92 Å². The highest BCUT2D eigenvalue weighted by molar-refractivity contribution is 9.06. The molecule has 0 aliphatic rings. The summed E-state index contributed by atoms with van der Waals surface area (Å²) in [6.07, 6.45) is 0. The molecular formula is C2H5BrO3S. The summed E-state index contributed by atoms with van der Waals surface area (Å²) in [5, 5.41) is 0. The fraction of sp³-hybridized carbons (Fsp3) is 1.00. The van der Waals surface area contributed by atoms with Crippen molar-refractivity contribution in [3.8, 4) is 0 Å². The van der Waals surface area contributed by atoms with Gasteiger partial charge >= 0.3 is 0 Å². The third-order valence-corrected chi connectivity index (χ3v) is 2.56.